The van der Waals surface area contributed by atoms with E-state index in [2.05, 4.69) is 5.10 Å². The quantitative estimate of drug-likeness (QED) is 0.850. The maximum absolute atomic E-state index is 12.3. The van der Waals surface area contributed by atoms with Crippen molar-refractivity contribution in [3.05, 3.63) is 57.0 Å². The van der Waals surface area contributed by atoms with E-state index >= 15 is 0 Å². The van der Waals surface area contributed by atoms with E-state index in [-0.39, 0.29) is 16.1 Å². The van der Waals surface area contributed by atoms with E-state index in [1.807, 2.05) is 20.8 Å². The van der Waals surface area contributed by atoms with E-state index in [1.165, 1.54) is 16.4 Å². The third kappa shape index (κ3) is 4.14. The molecule has 0 saturated carbocycles. The molecule has 1 N–H and O–H groups in total. The van der Waals surface area contributed by atoms with E-state index in [4.69, 9.17) is 16.7 Å². The van der Waals surface area contributed by atoms with Gasteiger partial charge in [-0.15, -0.1) is 11.8 Å². The van der Waals surface area contributed by atoms with Gasteiger partial charge in [-0.2, -0.15) is 5.10 Å². The number of aromatic nitrogens is 2. The Morgan fingerprint density at radius 2 is 1.91 bits per heavy atom. The Labute approximate surface area is 143 Å². The SMILES string of the molecule is CC(C)(C)n1ncc(SCc2ccc(C(=O)O)cc2)c(Cl)c1=O. The highest BCUT2D eigenvalue weighted by molar-refractivity contribution is 7.98. The number of thioether (sulfide) groups is 1. The molecule has 0 bridgehead atoms. The molecule has 122 valence electrons. The summed E-state index contributed by atoms with van der Waals surface area (Å²) < 4.78 is 1.36. The van der Waals surface area contributed by atoms with Crippen molar-refractivity contribution in [1.82, 2.24) is 9.78 Å². The van der Waals surface area contributed by atoms with Gasteiger partial charge in [0, 0.05) is 5.75 Å². The Balaban J connectivity index is 2.17. The predicted octanol–water partition coefficient (Wildman–Crippen LogP) is 3.64. The standard InChI is InChI=1S/C16H17ClN2O3S/c1-16(2,3)19-14(20)13(17)12(8-18-19)23-9-10-4-6-11(7-5-10)15(21)22/h4-8H,9H2,1-3H3,(H,21,22). The summed E-state index contributed by atoms with van der Waals surface area (Å²) in [6, 6.07) is 6.59. The fourth-order valence-electron chi connectivity index (χ4n) is 1.90. The smallest absolute Gasteiger partial charge is 0.335 e. The summed E-state index contributed by atoms with van der Waals surface area (Å²) in [5.74, 6) is -0.387. The molecule has 2 rings (SSSR count). The number of carbonyl (C=O) groups is 1. The van der Waals surface area contributed by atoms with Crippen LogP contribution in [0.15, 0.2) is 40.2 Å². The first-order valence-electron chi connectivity index (χ1n) is 6.93. The van der Waals surface area contributed by atoms with Gasteiger partial charge in [-0.05, 0) is 38.5 Å². The Hall–Kier alpha value is -1.79. The summed E-state index contributed by atoms with van der Waals surface area (Å²) in [5.41, 5.74) is 0.434. The van der Waals surface area contributed by atoms with Crippen LogP contribution in [0.25, 0.3) is 0 Å². The molecule has 1 aromatic heterocycles. The number of rotatable bonds is 4. The van der Waals surface area contributed by atoms with Crippen LogP contribution in [0.2, 0.25) is 5.02 Å². The molecular weight excluding hydrogens is 336 g/mol. The average Bonchev–Trinajstić information content (AvgIpc) is 2.48. The number of hydrogen-bond acceptors (Lipinski definition) is 4. The van der Waals surface area contributed by atoms with Gasteiger partial charge in [0.25, 0.3) is 5.56 Å². The first-order valence-corrected chi connectivity index (χ1v) is 8.30. The molecule has 23 heavy (non-hydrogen) atoms. The Morgan fingerprint density at radius 3 is 2.43 bits per heavy atom. The minimum Gasteiger partial charge on any atom is -0.478 e. The van der Waals surface area contributed by atoms with Gasteiger partial charge in [-0.3, -0.25) is 4.79 Å². The van der Waals surface area contributed by atoms with Gasteiger partial charge in [0.2, 0.25) is 0 Å². The Morgan fingerprint density at radius 1 is 1.30 bits per heavy atom. The highest BCUT2D eigenvalue weighted by Crippen LogP contribution is 2.27. The highest BCUT2D eigenvalue weighted by atomic mass is 35.5. The number of hydrogen-bond donors (Lipinski definition) is 1. The van der Waals surface area contributed by atoms with Gasteiger partial charge in [0.15, 0.2) is 0 Å². The first kappa shape index (κ1) is 17.6. The fraction of sp³-hybridized carbons (Fsp3) is 0.312. The number of halogens is 1. The number of aromatic carboxylic acids is 1. The number of carboxylic acids is 1. The normalized spacial score (nSPS) is 11.5. The van der Waals surface area contributed by atoms with Crippen molar-refractivity contribution >= 4 is 29.3 Å². The van der Waals surface area contributed by atoms with Gasteiger partial charge in [0.1, 0.15) is 5.02 Å². The summed E-state index contributed by atoms with van der Waals surface area (Å²) >= 11 is 7.56. The molecular formula is C16H17ClN2O3S. The molecule has 5 nitrogen and oxygen atoms in total. The zero-order valence-electron chi connectivity index (χ0n) is 13.0. The minimum atomic E-state index is -0.956. The van der Waals surface area contributed by atoms with Crippen LogP contribution in [-0.4, -0.2) is 20.9 Å². The molecule has 0 spiro atoms. The van der Waals surface area contributed by atoms with E-state index in [0.717, 1.165) is 5.56 Å². The van der Waals surface area contributed by atoms with E-state index in [0.29, 0.717) is 10.6 Å². The van der Waals surface area contributed by atoms with Crippen molar-refractivity contribution in [3.8, 4) is 0 Å². The molecule has 0 aliphatic heterocycles. The minimum absolute atomic E-state index is 0.155. The molecule has 0 unspecified atom stereocenters. The van der Waals surface area contributed by atoms with E-state index in [9.17, 15) is 9.59 Å². The molecule has 0 fully saturated rings. The zero-order chi connectivity index (χ0) is 17.2. The molecule has 0 radical (unpaired) electrons. The van der Waals surface area contributed by atoms with Crippen molar-refractivity contribution in [1.29, 1.82) is 0 Å². The van der Waals surface area contributed by atoms with Crippen LogP contribution < -0.4 is 5.56 Å². The monoisotopic (exact) mass is 352 g/mol. The second kappa shape index (κ2) is 6.76. The molecule has 0 saturated heterocycles. The molecule has 2 aromatic rings. The lowest BCUT2D eigenvalue weighted by Gasteiger charge is -2.21. The van der Waals surface area contributed by atoms with Gasteiger partial charge < -0.3 is 5.11 Å². The zero-order valence-corrected chi connectivity index (χ0v) is 14.6. The molecule has 0 atom stereocenters. The van der Waals surface area contributed by atoms with Crippen LogP contribution in [0.3, 0.4) is 0 Å². The number of benzene rings is 1. The summed E-state index contributed by atoms with van der Waals surface area (Å²) in [6.07, 6.45) is 1.59. The van der Waals surface area contributed by atoms with Crippen molar-refractivity contribution in [2.75, 3.05) is 0 Å². The summed E-state index contributed by atoms with van der Waals surface area (Å²) in [6.45, 7) is 5.65. The van der Waals surface area contributed by atoms with Crippen LogP contribution in [0.1, 0.15) is 36.7 Å². The third-order valence-corrected chi connectivity index (χ3v) is 4.69. The van der Waals surface area contributed by atoms with Crippen LogP contribution in [-0.2, 0) is 11.3 Å². The van der Waals surface area contributed by atoms with Gasteiger partial charge >= 0.3 is 5.97 Å². The van der Waals surface area contributed by atoms with Crippen molar-refractivity contribution in [3.63, 3.8) is 0 Å². The average molecular weight is 353 g/mol. The Kier molecular flexibility index (Phi) is 5.16. The van der Waals surface area contributed by atoms with Gasteiger partial charge in [-0.25, -0.2) is 9.48 Å². The largest absolute Gasteiger partial charge is 0.478 e. The lowest BCUT2D eigenvalue weighted by Crippen LogP contribution is -2.36. The topological polar surface area (TPSA) is 72.2 Å². The lowest BCUT2D eigenvalue weighted by atomic mass is 10.1. The molecule has 1 heterocycles. The second-order valence-corrected chi connectivity index (χ2v) is 7.40. The maximum Gasteiger partial charge on any atom is 0.335 e. The van der Waals surface area contributed by atoms with Crippen molar-refractivity contribution in [2.24, 2.45) is 0 Å². The number of carboxylic acid groups (broad SMARTS) is 1. The highest BCUT2D eigenvalue weighted by Gasteiger charge is 2.19. The van der Waals surface area contributed by atoms with Crippen LogP contribution in [0.4, 0.5) is 0 Å². The molecule has 7 heteroatoms. The van der Waals surface area contributed by atoms with Crippen LogP contribution >= 0.6 is 23.4 Å². The lowest BCUT2D eigenvalue weighted by molar-refractivity contribution is 0.0697. The van der Waals surface area contributed by atoms with E-state index in [1.54, 1.807) is 30.5 Å². The Bertz CT molecular complexity index is 779. The van der Waals surface area contributed by atoms with Crippen molar-refractivity contribution in [2.45, 2.75) is 37.0 Å². The van der Waals surface area contributed by atoms with Gasteiger partial charge in [0.05, 0.1) is 22.2 Å². The molecule has 0 amide bonds. The molecule has 0 aliphatic rings. The molecule has 1 aromatic carbocycles. The summed E-state index contributed by atoms with van der Waals surface area (Å²) in [4.78, 5) is 23.7. The van der Waals surface area contributed by atoms with E-state index < -0.39 is 11.5 Å². The maximum atomic E-state index is 12.3. The van der Waals surface area contributed by atoms with Crippen LogP contribution in [0.5, 0.6) is 0 Å². The number of nitrogens with zero attached hydrogens (tertiary/aromatic N) is 2. The third-order valence-electron chi connectivity index (χ3n) is 3.12. The second-order valence-electron chi connectivity index (χ2n) is 6.00. The van der Waals surface area contributed by atoms with Crippen molar-refractivity contribution < 1.29 is 9.90 Å². The molecule has 0 aliphatic carbocycles. The summed E-state index contributed by atoms with van der Waals surface area (Å²) in [7, 11) is 0. The predicted molar refractivity (Wildman–Crippen MR) is 91.5 cm³/mol. The first-order chi connectivity index (χ1) is 10.7. The van der Waals surface area contributed by atoms with Gasteiger partial charge in [-0.1, -0.05) is 23.7 Å². The fourth-order valence-corrected chi connectivity index (χ4v) is 3.04. The van der Waals surface area contributed by atoms with Crippen LogP contribution in [0, 0.1) is 0 Å². The summed E-state index contributed by atoms with van der Waals surface area (Å²) in [5, 5.41) is 13.2.